The molecule has 1 aromatic carbocycles. The number of pyridine rings is 1. The molecule has 1 N–H and O–H groups in total. The molecule has 1 heterocycles. The molecule has 0 fully saturated rings. The lowest BCUT2D eigenvalue weighted by Gasteiger charge is -2.15. The Kier molecular flexibility index (Phi) is 6.22. The third kappa shape index (κ3) is 4.83. The Morgan fingerprint density at radius 3 is 2.56 bits per heavy atom. The van der Waals surface area contributed by atoms with E-state index in [0.29, 0.717) is 10.6 Å². The number of aryl methyl sites for hydroxylation is 2. The predicted molar refractivity (Wildman–Crippen MR) is 103 cm³/mol. The van der Waals surface area contributed by atoms with E-state index in [4.69, 9.17) is 0 Å². The molecular formula is C20H23N3OS. The second-order valence-electron chi connectivity index (χ2n) is 6.42. The SMILES string of the molecule is Cc1ccc(C)c(NC(=O)C(C)Sc2nc(C(C)C)ccc2C#N)c1. The molecule has 0 aliphatic rings. The zero-order valence-electron chi connectivity index (χ0n) is 15.3. The number of nitrogens with one attached hydrogen (secondary N) is 1. The van der Waals surface area contributed by atoms with Crippen molar-refractivity contribution in [2.75, 3.05) is 5.32 Å². The molecule has 1 atom stereocenters. The molecule has 5 heteroatoms. The molecule has 1 unspecified atom stereocenters. The van der Waals surface area contributed by atoms with Gasteiger partial charge in [0.05, 0.1) is 10.8 Å². The summed E-state index contributed by atoms with van der Waals surface area (Å²) in [6, 6.07) is 11.8. The Labute approximate surface area is 153 Å². The van der Waals surface area contributed by atoms with Crippen molar-refractivity contribution in [3.05, 3.63) is 52.7 Å². The zero-order chi connectivity index (χ0) is 18.6. The van der Waals surface area contributed by atoms with Gasteiger partial charge in [-0.2, -0.15) is 5.26 Å². The van der Waals surface area contributed by atoms with Crippen LogP contribution in [0.1, 0.15) is 49.1 Å². The minimum atomic E-state index is -0.359. The molecule has 2 aromatic rings. The summed E-state index contributed by atoms with van der Waals surface area (Å²) in [5.41, 5.74) is 4.36. The molecule has 25 heavy (non-hydrogen) atoms. The van der Waals surface area contributed by atoms with E-state index in [0.717, 1.165) is 22.5 Å². The van der Waals surface area contributed by atoms with Crippen molar-refractivity contribution in [1.29, 1.82) is 5.26 Å². The summed E-state index contributed by atoms with van der Waals surface area (Å²) >= 11 is 1.32. The fourth-order valence-electron chi connectivity index (χ4n) is 2.28. The van der Waals surface area contributed by atoms with Gasteiger partial charge in [0, 0.05) is 11.4 Å². The van der Waals surface area contributed by atoms with Crippen molar-refractivity contribution in [1.82, 2.24) is 4.98 Å². The molecule has 130 valence electrons. The lowest BCUT2D eigenvalue weighted by atomic mass is 10.1. The van der Waals surface area contributed by atoms with Gasteiger partial charge in [0.25, 0.3) is 0 Å². The lowest BCUT2D eigenvalue weighted by molar-refractivity contribution is -0.115. The van der Waals surface area contributed by atoms with E-state index >= 15 is 0 Å². The van der Waals surface area contributed by atoms with Crippen LogP contribution in [0.5, 0.6) is 0 Å². The number of anilines is 1. The topological polar surface area (TPSA) is 65.8 Å². The minimum Gasteiger partial charge on any atom is -0.325 e. The van der Waals surface area contributed by atoms with Gasteiger partial charge >= 0.3 is 0 Å². The first-order valence-electron chi connectivity index (χ1n) is 8.27. The Hall–Kier alpha value is -2.32. The number of nitriles is 1. The highest BCUT2D eigenvalue weighted by Gasteiger charge is 2.19. The minimum absolute atomic E-state index is 0.0978. The van der Waals surface area contributed by atoms with Gasteiger partial charge < -0.3 is 5.32 Å². The van der Waals surface area contributed by atoms with Crippen LogP contribution in [0.3, 0.4) is 0 Å². The average Bonchev–Trinajstić information content (AvgIpc) is 2.57. The van der Waals surface area contributed by atoms with Crippen LogP contribution >= 0.6 is 11.8 Å². The van der Waals surface area contributed by atoms with Crippen molar-refractivity contribution in [3.63, 3.8) is 0 Å². The highest BCUT2D eigenvalue weighted by atomic mass is 32.2. The quantitative estimate of drug-likeness (QED) is 0.783. The second-order valence-corrected chi connectivity index (χ2v) is 7.75. The van der Waals surface area contributed by atoms with Gasteiger partial charge in [-0.25, -0.2) is 4.98 Å². The van der Waals surface area contributed by atoms with Crippen LogP contribution in [-0.4, -0.2) is 16.1 Å². The molecule has 1 amide bonds. The highest BCUT2D eigenvalue weighted by molar-refractivity contribution is 8.00. The third-order valence-corrected chi connectivity index (χ3v) is 5.00. The third-order valence-electron chi connectivity index (χ3n) is 3.90. The van der Waals surface area contributed by atoms with Gasteiger partial charge in [-0.3, -0.25) is 4.79 Å². The van der Waals surface area contributed by atoms with E-state index in [1.54, 1.807) is 6.07 Å². The predicted octanol–water partition coefficient (Wildman–Crippen LogP) is 4.81. The zero-order valence-corrected chi connectivity index (χ0v) is 16.1. The number of nitrogens with zero attached hydrogens (tertiary/aromatic N) is 2. The van der Waals surface area contributed by atoms with Crippen molar-refractivity contribution < 1.29 is 4.79 Å². The van der Waals surface area contributed by atoms with E-state index in [2.05, 4.69) is 30.2 Å². The highest BCUT2D eigenvalue weighted by Crippen LogP contribution is 2.28. The molecule has 0 aliphatic heterocycles. The normalized spacial score (nSPS) is 11.9. The number of carbonyl (C=O) groups excluding carboxylic acids is 1. The monoisotopic (exact) mass is 353 g/mol. The number of amides is 1. The maximum absolute atomic E-state index is 12.6. The van der Waals surface area contributed by atoms with Crippen LogP contribution in [0, 0.1) is 25.2 Å². The largest absolute Gasteiger partial charge is 0.325 e. The fraction of sp³-hybridized carbons (Fsp3) is 0.350. The molecular weight excluding hydrogens is 330 g/mol. The average molecular weight is 353 g/mol. The van der Waals surface area contributed by atoms with E-state index in [9.17, 15) is 10.1 Å². The number of hydrogen-bond donors (Lipinski definition) is 1. The Bertz CT molecular complexity index is 824. The van der Waals surface area contributed by atoms with E-state index in [1.807, 2.05) is 45.0 Å². The Morgan fingerprint density at radius 2 is 1.92 bits per heavy atom. The summed E-state index contributed by atoms with van der Waals surface area (Å²) in [5.74, 6) is 0.172. The summed E-state index contributed by atoms with van der Waals surface area (Å²) in [6.07, 6.45) is 0. The van der Waals surface area contributed by atoms with Gasteiger partial charge in [0.1, 0.15) is 11.1 Å². The maximum atomic E-state index is 12.6. The molecule has 0 radical (unpaired) electrons. The van der Waals surface area contributed by atoms with Crippen molar-refractivity contribution in [3.8, 4) is 6.07 Å². The van der Waals surface area contributed by atoms with Crippen molar-refractivity contribution in [2.24, 2.45) is 0 Å². The number of aromatic nitrogens is 1. The van der Waals surface area contributed by atoms with Gasteiger partial charge in [0.2, 0.25) is 5.91 Å². The summed E-state index contributed by atoms with van der Waals surface area (Å²) in [4.78, 5) is 17.1. The molecule has 0 aliphatic carbocycles. The summed E-state index contributed by atoms with van der Waals surface area (Å²) in [5, 5.41) is 12.5. The van der Waals surface area contributed by atoms with Gasteiger partial charge in [-0.15, -0.1) is 0 Å². The molecule has 0 saturated carbocycles. The van der Waals surface area contributed by atoms with Crippen LogP contribution in [0.25, 0.3) is 0 Å². The van der Waals surface area contributed by atoms with E-state index < -0.39 is 0 Å². The van der Waals surface area contributed by atoms with Crippen LogP contribution in [-0.2, 0) is 4.79 Å². The molecule has 1 aromatic heterocycles. The van der Waals surface area contributed by atoms with Crippen LogP contribution in [0.15, 0.2) is 35.4 Å². The van der Waals surface area contributed by atoms with Crippen LogP contribution in [0.2, 0.25) is 0 Å². The van der Waals surface area contributed by atoms with Gasteiger partial charge in [0.15, 0.2) is 0 Å². The van der Waals surface area contributed by atoms with Crippen molar-refractivity contribution >= 4 is 23.4 Å². The van der Waals surface area contributed by atoms with E-state index in [-0.39, 0.29) is 17.1 Å². The first-order valence-corrected chi connectivity index (χ1v) is 9.15. The molecule has 4 nitrogen and oxygen atoms in total. The number of thioether (sulfide) groups is 1. The first-order chi connectivity index (χ1) is 11.8. The van der Waals surface area contributed by atoms with Crippen molar-refractivity contribution in [2.45, 2.75) is 50.8 Å². The van der Waals surface area contributed by atoms with E-state index in [1.165, 1.54) is 11.8 Å². The fourth-order valence-corrected chi connectivity index (χ4v) is 3.18. The lowest BCUT2D eigenvalue weighted by Crippen LogP contribution is -2.23. The number of rotatable bonds is 5. The summed E-state index contributed by atoms with van der Waals surface area (Å²) in [7, 11) is 0. The molecule has 0 bridgehead atoms. The van der Waals surface area contributed by atoms with Crippen LogP contribution in [0.4, 0.5) is 5.69 Å². The van der Waals surface area contributed by atoms with Crippen LogP contribution < -0.4 is 5.32 Å². The smallest absolute Gasteiger partial charge is 0.237 e. The summed E-state index contributed by atoms with van der Waals surface area (Å²) in [6.45, 7) is 9.90. The number of benzene rings is 1. The molecule has 2 rings (SSSR count). The van der Waals surface area contributed by atoms with Gasteiger partial charge in [-0.05, 0) is 56.0 Å². The number of hydrogen-bond acceptors (Lipinski definition) is 4. The summed E-state index contributed by atoms with van der Waals surface area (Å²) < 4.78 is 0. The second kappa shape index (κ2) is 8.17. The number of carbonyl (C=O) groups is 1. The first kappa shape index (κ1) is 19.0. The molecule has 0 saturated heterocycles. The standard InChI is InChI=1S/C20H23N3OS/c1-12(2)17-9-8-16(11-21)20(23-17)25-15(5)19(24)22-18-10-13(3)6-7-14(18)4/h6-10,12,15H,1-5H3,(H,22,24). The molecule has 0 spiro atoms. The maximum Gasteiger partial charge on any atom is 0.237 e. The Balaban J connectivity index is 2.17. The van der Waals surface area contributed by atoms with Gasteiger partial charge in [-0.1, -0.05) is 37.7 Å². The Morgan fingerprint density at radius 1 is 1.20 bits per heavy atom.